The molecule has 0 saturated heterocycles. The number of hydrogen-bond acceptors (Lipinski definition) is 3. The number of hydrogen-bond donors (Lipinski definition) is 1. The van der Waals surface area contributed by atoms with Crippen LogP contribution in [-0.2, 0) is 20.5 Å². The lowest BCUT2D eigenvalue weighted by atomic mass is 10.1. The molecule has 0 saturated carbocycles. The van der Waals surface area contributed by atoms with Crippen molar-refractivity contribution in [2.75, 3.05) is 0 Å². The molecule has 0 aliphatic rings. The molecule has 1 unspecified atom stereocenters. The van der Waals surface area contributed by atoms with Gasteiger partial charge in [0, 0.05) is 32.1 Å². The molecule has 0 aliphatic heterocycles. The summed E-state index contributed by atoms with van der Waals surface area (Å²) in [5.41, 5.74) is 2.65. The van der Waals surface area contributed by atoms with Gasteiger partial charge < -0.3 is 5.11 Å². The second-order valence-electron chi connectivity index (χ2n) is 4.72. The second kappa shape index (κ2) is 4.51. The average Bonchev–Trinajstić information content (AvgIpc) is 2.96. The number of para-hydroxylation sites is 1. The lowest BCUT2D eigenvalue weighted by molar-refractivity contribution is 0.171. The van der Waals surface area contributed by atoms with Gasteiger partial charge in [0.15, 0.2) is 0 Å². The molecule has 2 aromatic heterocycles. The van der Waals surface area contributed by atoms with E-state index in [1.165, 1.54) is 0 Å². The van der Waals surface area contributed by atoms with Gasteiger partial charge in [0.2, 0.25) is 0 Å². The predicted octanol–water partition coefficient (Wildman–Crippen LogP) is 1.58. The number of aryl methyl sites for hydroxylation is 2. The number of fused-ring (bicyclic) bond motifs is 1. The third-order valence-electron chi connectivity index (χ3n) is 3.30. The van der Waals surface area contributed by atoms with E-state index in [0.717, 1.165) is 16.6 Å². The summed E-state index contributed by atoms with van der Waals surface area (Å²) < 4.78 is 3.53. The summed E-state index contributed by atoms with van der Waals surface area (Å²) in [5, 5.41) is 20.0. The topological polar surface area (TPSA) is 55.9 Å². The Labute approximate surface area is 111 Å². The van der Waals surface area contributed by atoms with E-state index in [1.807, 2.05) is 55.3 Å². The Morgan fingerprint density at radius 3 is 2.68 bits per heavy atom. The summed E-state index contributed by atoms with van der Waals surface area (Å²) in [6.07, 6.45) is 1.67. The summed E-state index contributed by atoms with van der Waals surface area (Å²) in [7, 11) is 3.76. The number of aromatic nitrogens is 4. The Hall–Kier alpha value is -2.14. The van der Waals surface area contributed by atoms with Crippen LogP contribution in [0.5, 0.6) is 0 Å². The van der Waals surface area contributed by atoms with Gasteiger partial charge in [-0.1, -0.05) is 18.2 Å². The zero-order chi connectivity index (χ0) is 13.4. The van der Waals surface area contributed by atoms with Gasteiger partial charge >= 0.3 is 0 Å². The van der Waals surface area contributed by atoms with Gasteiger partial charge in [-0.3, -0.25) is 9.36 Å². The first-order valence-electron chi connectivity index (χ1n) is 6.23. The molecule has 3 rings (SSSR count). The molecule has 19 heavy (non-hydrogen) atoms. The lowest BCUT2D eigenvalue weighted by Crippen LogP contribution is -2.05. The molecule has 1 N–H and O–H groups in total. The minimum Gasteiger partial charge on any atom is -0.386 e. The minimum absolute atomic E-state index is 0.471. The maximum absolute atomic E-state index is 10.2. The van der Waals surface area contributed by atoms with Crippen LogP contribution in [0.25, 0.3) is 10.9 Å². The van der Waals surface area contributed by atoms with E-state index >= 15 is 0 Å². The molecule has 0 aliphatic carbocycles. The van der Waals surface area contributed by atoms with Crippen LogP contribution in [0.15, 0.2) is 36.5 Å². The molecule has 2 heterocycles. The average molecular weight is 256 g/mol. The highest BCUT2D eigenvalue weighted by atomic mass is 16.3. The fourth-order valence-electron chi connectivity index (χ4n) is 2.34. The molecule has 1 atom stereocenters. The van der Waals surface area contributed by atoms with Gasteiger partial charge in [0.05, 0.1) is 16.9 Å². The zero-order valence-electron chi connectivity index (χ0n) is 11.0. The Morgan fingerprint density at radius 1 is 1.16 bits per heavy atom. The summed E-state index contributed by atoms with van der Waals surface area (Å²) in [5.74, 6) is 0. The standard InChI is InChI=1S/C14H16N4O/c1-17-8-7-11(15-17)14(19)9-12-10-5-3-4-6-13(10)18(2)16-12/h3-8,14,19H,9H2,1-2H3. The molecular formula is C14H16N4O. The molecular weight excluding hydrogens is 240 g/mol. The molecule has 0 amide bonds. The van der Waals surface area contributed by atoms with Crippen molar-refractivity contribution in [2.45, 2.75) is 12.5 Å². The number of benzene rings is 1. The van der Waals surface area contributed by atoms with E-state index in [2.05, 4.69) is 10.2 Å². The van der Waals surface area contributed by atoms with Crippen LogP contribution < -0.4 is 0 Å². The molecule has 1 aromatic carbocycles. The number of aliphatic hydroxyl groups excluding tert-OH is 1. The van der Waals surface area contributed by atoms with Crippen LogP contribution in [0.4, 0.5) is 0 Å². The molecule has 98 valence electrons. The smallest absolute Gasteiger partial charge is 0.103 e. The van der Waals surface area contributed by atoms with Crippen LogP contribution in [0, 0.1) is 0 Å². The number of nitrogens with zero attached hydrogens (tertiary/aromatic N) is 4. The minimum atomic E-state index is -0.625. The SMILES string of the molecule is Cn1ccc(C(O)Cc2nn(C)c3ccccc23)n1. The van der Waals surface area contributed by atoms with E-state index in [9.17, 15) is 5.11 Å². The van der Waals surface area contributed by atoms with Crippen molar-refractivity contribution in [3.05, 3.63) is 47.9 Å². The molecule has 0 fully saturated rings. The van der Waals surface area contributed by atoms with Gasteiger partial charge in [-0.2, -0.15) is 10.2 Å². The third kappa shape index (κ3) is 2.13. The second-order valence-corrected chi connectivity index (χ2v) is 4.72. The normalized spacial score (nSPS) is 13.0. The van der Waals surface area contributed by atoms with Crippen molar-refractivity contribution >= 4 is 10.9 Å². The van der Waals surface area contributed by atoms with Crippen LogP contribution in [0.1, 0.15) is 17.5 Å². The first-order chi connectivity index (χ1) is 9.15. The van der Waals surface area contributed by atoms with Crippen molar-refractivity contribution in [3.63, 3.8) is 0 Å². The number of rotatable bonds is 3. The maximum Gasteiger partial charge on any atom is 0.103 e. The highest BCUT2D eigenvalue weighted by Gasteiger charge is 2.16. The molecule has 0 radical (unpaired) electrons. The van der Waals surface area contributed by atoms with Crippen molar-refractivity contribution in [2.24, 2.45) is 14.1 Å². The highest BCUT2D eigenvalue weighted by Crippen LogP contribution is 2.22. The summed E-state index contributed by atoms with van der Waals surface area (Å²) >= 11 is 0. The van der Waals surface area contributed by atoms with Crippen LogP contribution in [0.2, 0.25) is 0 Å². The molecule has 0 spiro atoms. The maximum atomic E-state index is 10.2. The molecule has 5 nitrogen and oxygen atoms in total. The molecule has 0 bridgehead atoms. The van der Waals surface area contributed by atoms with E-state index in [-0.39, 0.29) is 0 Å². The fourth-order valence-corrected chi connectivity index (χ4v) is 2.34. The third-order valence-corrected chi connectivity index (χ3v) is 3.30. The highest BCUT2D eigenvalue weighted by molar-refractivity contribution is 5.81. The number of aliphatic hydroxyl groups is 1. The fraction of sp³-hybridized carbons (Fsp3) is 0.286. The largest absolute Gasteiger partial charge is 0.386 e. The lowest BCUT2D eigenvalue weighted by Gasteiger charge is -2.05. The van der Waals surface area contributed by atoms with Crippen LogP contribution in [-0.4, -0.2) is 24.7 Å². The van der Waals surface area contributed by atoms with Gasteiger partial charge in [0.25, 0.3) is 0 Å². The van der Waals surface area contributed by atoms with E-state index < -0.39 is 6.10 Å². The predicted molar refractivity (Wildman–Crippen MR) is 72.6 cm³/mol. The summed E-state index contributed by atoms with van der Waals surface area (Å²) in [6.45, 7) is 0. The first-order valence-corrected chi connectivity index (χ1v) is 6.23. The van der Waals surface area contributed by atoms with E-state index in [4.69, 9.17) is 0 Å². The van der Waals surface area contributed by atoms with Gasteiger partial charge in [-0.05, 0) is 12.1 Å². The van der Waals surface area contributed by atoms with E-state index in [1.54, 1.807) is 4.68 Å². The Kier molecular flexibility index (Phi) is 2.83. The van der Waals surface area contributed by atoms with Gasteiger partial charge in [-0.25, -0.2) is 0 Å². The zero-order valence-corrected chi connectivity index (χ0v) is 11.0. The monoisotopic (exact) mass is 256 g/mol. The first kappa shape index (κ1) is 11.9. The quantitative estimate of drug-likeness (QED) is 0.774. The molecule has 5 heteroatoms. The van der Waals surface area contributed by atoms with Crippen LogP contribution >= 0.6 is 0 Å². The Bertz CT molecular complexity index is 713. The summed E-state index contributed by atoms with van der Waals surface area (Å²) in [6, 6.07) is 9.86. The summed E-state index contributed by atoms with van der Waals surface area (Å²) in [4.78, 5) is 0. The molecule has 3 aromatic rings. The van der Waals surface area contributed by atoms with Crippen LogP contribution in [0.3, 0.4) is 0 Å². The van der Waals surface area contributed by atoms with Crippen molar-refractivity contribution in [1.29, 1.82) is 0 Å². The van der Waals surface area contributed by atoms with Gasteiger partial charge in [0.1, 0.15) is 6.10 Å². The Morgan fingerprint density at radius 2 is 1.95 bits per heavy atom. The van der Waals surface area contributed by atoms with Crippen molar-refractivity contribution in [1.82, 2.24) is 19.6 Å². The van der Waals surface area contributed by atoms with E-state index in [0.29, 0.717) is 12.1 Å². The van der Waals surface area contributed by atoms with Crippen molar-refractivity contribution in [3.8, 4) is 0 Å². The van der Waals surface area contributed by atoms with Gasteiger partial charge in [-0.15, -0.1) is 0 Å². The Balaban J connectivity index is 1.93. The van der Waals surface area contributed by atoms with Crippen molar-refractivity contribution < 1.29 is 5.11 Å².